The van der Waals surface area contributed by atoms with E-state index >= 15 is 0 Å². The van der Waals surface area contributed by atoms with Crippen LogP contribution in [0.1, 0.15) is 30.0 Å². The maximum Gasteiger partial charge on any atom is 0.238 e. The third kappa shape index (κ3) is 4.29. The fraction of sp³-hybridized carbons (Fsp3) is 0.316. The van der Waals surface area contributed by atoms with Crippen LogP contribution in [0.25, 0.3) is 0 Å². The molecule has 0 aliphatic heterocycles. The number of hydrogen-bond acceptors (Lipinski definition) is 2. The van der Waals surface area contributed by atoms with Gasteiger partial charge in [-0.2, -0.15) is 0 Å². The SMILES string of the molecule is CN(CC(=O)Nc1c(Cl)cc(Cl)cc1Cl)C1CCCc2ccccc21. The highest BCUT2D eigenvalue weighted by atomic mass is 35.5. The molecule has 2 aromatic carbocycles. The number of aryl methyl sites for hydroxylation is 1. The standard InChI is InChI=1S/C19H19Cl3N2O/c1-24(17-8-4-6-12-5-2-3-7-14(12)17)11-18(25)23-19-15(21)9-13(20)10-16(19)22/h2-3,5,7,9-10,17H,4,6,8,11H2,1H3,(H,23,25). The minimum absolute atomic E-state index is 0.156. The van der Waals surface area contributed by atoms with Gasteiger partial charge in [-0.05, 0) is 49.6 Å². The molecule has 2 aromatic rings. The maximum atomic E-state index is 12.5. The molecule has 1 unspecified atom stereocenters. The lowest BCUT2D eigenvalue weighted by molar-refractivity contribution is -0.117. The van der Waals surface area contributed by atoms with E-state index in [-0.39, 0.29) is 18.5 Å². The number of likely N-dealkylation sites (N-methyl/N-ethyl adjacent to an activating group) is 1. The van der Waals surface area contributed by atoms with Gasteiger partial charge < -0.3 is 5.32 Å². The number of rotatable bonds is 4. The van der Waals surface area contributed by atoms with Gasteiger partial charge in [0.15, 0.2) is 0 Å². The quantitative estimate of drug-likeness (QED) is 0.729. The molecule has 0 bridgehead atoms. The number of benzene rings is 2. The number of anilines is 1. The lowest BCUT2D eigenvalue weighted by Gasteiger charge is -2.32. The van der Waals surface area contributed by atoms with Crippen molar-refractivity contribution in [1.82, 2.24) is 4.90 Å². The molecule has 1 N–H and O–H groups in total. The van der Waals surface area contributed by atoms with E-state index in [9.17, 15) is 4.79 Å². The summed E-state index contributed by atoms with van der Waals surface area (Å²) >= 11 is 18.2. The van der Waals surface area contributed by atoms with E-state index in [2.05, 4.69) is 34.5 Å². The molecule has 25 heavy (non-hydrogen) atoms. The fourth-order valence-corrected chi connectivity index (χ4v) is 4.27. The van der Waals surface area contributed by atoms with Crippen LogP contribution in [-0.2, 0) is 11.2 Å². The summed E-state index contributed by atoms with van der Waals surface area (Å²) in [6.07, 6.45) is 3.27. The number of nitrogens with zero attached hydrogens (tertiary/aromatic N) is 1. The second-order valence-electron chi connectivity index (χ2n) is 6.31. The van der Waals surface area contributed by atoms with Crippen molar-refractivity contribution in [2.24, 2.45) is 0 Å². The summed E-state index contributed by atoms with van der Waals surface area (Å²) in [6.45, 7) is 0.258. The van der Waals surface area contributed by atoms with Crippen LogP contribution >= 0.6 is 34.8 Å². The van der Waals surface area contributed by atoms with E-state index in [1.165, 1.54) is 11.1 Å². The van der Waals surface area contributed by atoms with Crippen molar-refractivity contribution in [3.05, 3.63) is 62.6 Å². The molecular formula is C19H19Cl3N2O. The van der Waals surface area contributed by atoms with Crippen molar-refractivity contribution < 1.29 is 4.79 Å². The topological polar surface area (TPSA) is 32.3 Å². The number of hydrogen-bond donors (Lipinski definition) is 1. The van der Waals surface area contributed by atoms with E-state index in [1.807, 2.05) is 7.05 Å². The van der Waals surface area contributed by atoms with E-state index < -0.39 is 0 Å². The highest BCUT2D eigenvalue weighted by Crippen LogP contribution is 2.35. The minimum atomic E-state index is -0.156. The molecular weight excluding hydrogens is 379 g/mol. The summed E-state index contributed by atoms with van der Waals surface area (Å²) in [6, 6.07) is 11.8. The van der Waals surface area contributed by atoms with Crippen LogP contribution in [0.5, 0.6) is 0 Å². The Morgan fingerprint density at radius 1 is 1.20 bits per heavy atom. The zero-order valence-electron chi connectivity index (χ0n) is 13.9. The number of carbonyl (C=O) groups is 1. The van der Waals surface area contributed by atoms with Crippen molar-refractivity contribution in [3.63, 3.8) is 0 Å². The Balaban J connectivity index is 1.70. The summed E-state index contributed by atoms with van der Waals surface area (Å²) in [7, 11) is 1.97. The Morgan fingerprint density at radius 3 is 2.60 bits per heavy atom. The van der Waals surface area contributed by atoms with Crippen LogP contribution < -0.4 is 5.32 Å². The lowest BCUT2D eigenvalue weighted by Crippen LogP contribution is -2.35. The third-order valence-electron chi connectivity index (χ3n) is 4.53. The maximum absolute atomic E-state index is 12.5. The van der Waals surface area contributed by atoms with Crippen molar-refractivity contribution in [3.8, 4) is 0 Å². The molecule has 0 saturated carbocycles. The van der Waals surface area contributed by atoms with Gasteiger partial charge in [0.2, 0.25) is 5.91 Å². The minimum Gasteiger partial charge on any atom is -0.322 e. The molecule has 0 fully saturated rings. The van der Waals surface area contributed by atoms with Crippen molar-refractivity contribution in [1.29, 1.82) is 0 Å². The first kappa shape index (κ1) is 18.5. The monoisotopic (exact) mass is 396 g/mol. The molecule has 1 amide bonds. The average molecular weight is 398 g/mol. The molecule has 1 aliphatic rings. The van der Waals surface area contributed by atoms with Crippen LogP contribution in [0, 0.1) is 0 Å². The summed E-state index contributed by atoms with van der Waals surface area (Å²) in [5.74, 6) is -0.156. The third-order valence-corrected chi connectivity index (χ3v) is 5.35. The predicted octanol–water partition coefficient (Wildman–Crippen LogP) is 5.59. The number of fused-ring (bicyclic) bond motifs is 1. The van der Waals surface area contributed by atoms with E-state index in [4.69, 9.17) is 34.8 Å². The van der Waals surface area contributed by atoms with Crippen molar-refractivity contribution >= 4 is 46.4 Å². The Morgan fingerprint density at radius 2 is 1.88 bits per heavy atom. The van der Waals surface area contributed by atoms with Gasteiger partial charge in [0.05, 0.1) is 22.3 Å². The molecule has 6 heteroatoms. The number of carbonyl (C=O) groups excluding carboxylic acids is 1. The predicted molar refractivity (Wildman–Crippen MR) is 105 cm³/mol. The summed E-state index contributed by atoms with van der Waals surface area (Å²) < 4.78 is 0. The number of amides is 1. The van der Waals surface area contributed by atoms with Gasteiger partial charge in [-0.25, -0.2) is 0 Å². The number of halogens is 3. The molecule has 0 heterocycles. The first-order valence-electron chi connectivity index (χ1n) is 8.18. The molecule has 132 valence electrons. The first-order chi connectivity index (χ1) is 12.0. The second kappa shape index (κ2) is 7.96. The van der Waals surface area contributed by atoms with Gasteiger partial charge >= 0.3 is 0 Å². The van der Waals surface area contributed by atoms with E-state index in [0.717, 1.165) is 19.3 Å². The molecule has 0 spiro atoms. The highest BCUT2D eigenvalue weighted by molar-refractivity contribution is 6.42. The van der Waals surface area contributed by atoms with Crippen LogP contribution in [0.15, 0.2) is 36.4 Å². The molecule has 3 rings (SSSR count). The summed E-state index contributed by atoms with van der Waals surface area (Å²) in [5.41, 5.74) is 3.08. The Labute approximate surface area is 162 Å². The van der Waals surface area contributed by atoms with Crippen LogP contribution in [-0.4, -0.2) is 24.4 Å². The van der Waals surface area contributed by atoms with Gasteiger partial charge in [-0.1, -0.05) is 59.1 Å². The first-order valence-corrected chi connectivity index (χ1v) is 9.31. The van der Waals surface area contributed by atoms with Gasteiger partial charge in [-0.3, -0.25) is 9.69 Å². The van der Waals surface area contributed by atoms with Crippen LogP contribution in [0.3, 0.4) is 0 Å². The highest BCUT2D eigenvalue weighted by Gasteiger charge is 2.25. The Hall–Kier alpha value is -1.26. The lowest BCUT2D eigenvalue weighted by atomic mass is 9.87. The van der Waals surface area contributed by atoms with Gasteiger partial charge in [0.1, 0.15) is 0 Å². The smallest absolute Gasteiger partial charge is 0.238 e. The van der Waals surface area contributed by atoms with Crippen molar-refractivity contribution in [2.75, 3.05) is 18.9 Å². The Kier molecular flexibility index (Phi) is 5.90. The van der Waals surface area contributed by atoms with Gasteiger partial charge in [0, 0.05) is 11.1 Å². The van der Waals surface area contributed by atoms with E-state index in [0.29, 0.717) is 20.8 Å². The zero-order chi connectivity index (χ0) is 18.0. The van der Waals surface area contributed by atoms with Gasteiger partial charge in [-0.15, -0.1) is 0 Å². The van der Waals surface area contributed by atoms with Crippen LogP contribution in [0.2, 0.25) is 15.1 Å². The summed E-state index contributed by atoms with van der Waals surface area (Å²) in [4.78, 5) is 14.5. The zero-order valence-corrected chi connectivity index (χ0v) is 16.1. The normalized spacial score (nSPS) is 16.6. The molecule has 3 nitrogen and oxygen atoms in total. The molecule has 1 atom stereocenters. The van der Waals surface area contributed by atoms with Gasteiger partial charge in [0.25, 0.3) is 0 Å². The summed E-state index contributed by atoms with van der Waals surface area (Å²) in [5, 5.41) is 3.89. The second-order valence-corrected chi connectivity index (χ2v) is 7.57. The average Bonchev–Trinajstić information content (AvgIpc) is 2.57. The largest absolute Gasteiger partial charge is 0.322 e. The molecule has 0 saturated heterocycles. The van der Waals surface area contributed by atoms with E-state index in [1.54, 1.807) is 12.1 Å². The molecule has 0 aromatic heterocycles. The Bertz CT molecular complexity index is 771. The van der Waals surface area contributed by atoms with Crippen molar-refractivity contribution in [2.45, 2.75) is 25.3 Å². The molecule has 0 radical (unpaired) electrons. The van der Waals surface area contributed by atoms with Crippen LogP contribution in [0.4, 0.5) is 5.69 Å². The fourth-order valence-electron chi connectivity index (χ4n) is 3.36. The molecule has 1 aliphatic carbocycles. The number of nitrogens with one attached hydrogen (secondary N) is 1.